The van der Waals surface area contributed by atoms with Gasteiger partial charge < -0.3 is 9.84 Å². The van der Waals surface area contributed by atoms with E-state index in [-0.39, 0.29) is 5.41 Å². The van der Waals surface area contributed by atoms with Crippen molar-refractivity contribution in [2.75, 3.05) is 30.3 Å². The standard InChI is InChI=1S/C13H21N3OS2/c1-9(2)13(3-4-14-8-13)12-15-11(16-17-12)10-7-18-5-6-19-10/h9-10,14H,3-8H2,1-2H3. The van der Waals surface area contributed by atoms with Crippen LogP contribution in [0.25, 0.3) is 0 Å². The number of nitrogens with zero attached hydrogens (tertiary/aromatic N) is 2. The highest BCUT2D eigenvalue weighted by atomic mass is 32.2. The van der Waals surface area contributed by atoms with Crippen LogP contribution < -0.4 is 5.32 Å². The van der Waals surface area contributed by atoms with Crippen molar-refractivity contribution in [1.29, 1.82) is 0 Å². The minimum atomic E-state index is 0.0394. The Kier molecular flexibility index (Phi) is 4.10. The Labute approximate surface area is 122 Å². The molecule has 0 aromatic carbocycles. The highest BCUT2D eigenvalue weighted by molar-refractivity contribution is 8.06. The van der Waals surface area contributed by atoms with Gasteiger partial charge in [-0.25, -0.2) is 0 Å². The van der Waals surface area contributed by atoms with E-state index in [9.17, 15) is 0 Å². The molecule has 6 heteroatoms. The SMILES string of the molecule is CC(C)C1(c2nc(C3CSCCS3)no2)CCNC1. The Morgan fingerprint density at radius 2 is 2.32 bits per heavy atom. The molecule has 2 aliphatic rings. The number of nitrogens with one attached hydrogen (secondary N) is 1. The average molecular weight is 299 g/mol. The fraction of sp³-hybridized carbons (Fsp3) is 0.846. The van der Waals surface area contributed by atoms with Crippen molar-refractivity contribution in [2.24, 2.45) is 5.92 Å². The van der Waals surface area contributed by atoms with Gasteiger partial charge >= 0.3 is 0 Å². The Bertz CT molecular complexity index is 423. The third-order valence-electron chi connectivity index (χ3n) is 4.27. The van der Waals surface area contributed by atoms with E-state index in [4.69, 9.17) is 9.51 Å². The van der Waals surface area contributed by atoms with Gasteiger partial charge in [0.05, 0.1) is 10.7 Å². The van der Waals surface area contributed by atoms with Gasteiger partial charge in [-0.15, -0.1) is 11.8 Å². The van der Waals surface area contributed by atoms with Crippen LogP contribution in [0, 0.1) is 5.92 Å². The maximum Gasteiger partial charge on any atom is 0.234 e. The van der Waals surface area contributed by atoms with E-state index < -0.39 is 0 Å². The molecular formula is C13H21N3OS2. The zero-order chi connectivity index (χ0) is 13.3. The predicted molar refractivity (Wildman–Crippen MR) is 80.8 cm³/mol. The summed E-state index contributed by atoms with van der Waals surface area (Å²) in [5, 5.41) is 8.12. The van der Waals surface area contributed by atoms with E-state index in [1.807, 2.05) is 23.5 Å². The Balaban J connectivity index is 1.83. The van der Waals surface area contributed by atoms with E-state index in [0.717, 1.165) is 37.0 Å². The van der Waals surface area contributed by atoms with Gasteiger partial charge in [0, 0.05) is 23.8 Å². The molecule has 106 valence electrons. The summed E-state index contributed by atoms with van der Waals surface area (Å²) in [6.45, 7) is 6.51. The van der Waals surface area contributed by atoms with Crippen molar-refractivity contribution in [3.8, 4) is 0 Å². The van der Waals surface area contributed by atoms with Crippen LogP contribution in [0.4, 0.5) is 0 Å². The molecule has 0 bridgehead atoms. The van der Waals surface area contributed by atoms with Crippen LogP contribution in [-0.4, -0.2) is 40.5 Å². The van der Waals surface area contributed by atoms with Gasteiger partial charge in [-0.05, 0) is 18.9 Å². The van der Waals surface area contributed by atoms with E-state index in [1.165, 1.54) is 11.5 Å². The van der Waals surface area contributed by atoms with Crippen LogP contribution in [-0.2, 0) is 5.41 Å². The largest absolute Gasteiger partial charge is 0.339 e. The molecule has 2 atom stereocenters. The molecule has 2 aliphatic heterocycles. The molecule has 0 radical (unpaired) electrons. The highest BCUT2D eigenvalue weighted by Gasteiger charge is 2.44. The molecule has 3 heterocycles. The Morgan fingerprint density at radius 3 is 2.95 bits per heavy atom. The lowest BCUT2D eigenvalue weighted by Crippen LogP contribution is -2.35. The fourth-order valence-corrected chi connectivity index (χ4v) is 5.43. The monoisotopic (exact) mass is 299 g/mol. The average Bonchev–Trinajstić information content (AvgIpc) is 3.09. The quantitative estimate of drug-likeness (QED) is 0.925. The lowest BCUT2D eigenvalue weighted by Gasteiger charge is -2.28. The Hall–Kier alpha value is -0.200. The summed E-state index contributed by atoms with van der Waals surface area (Å²) in [5.74, 6) is 5.81. The number of thioether (sulfide) groups is 2. The number of hydrogen-bond acceptors (Lipinski definition) is 6. The van der Waals surface area contributed by atoms with Crippen molar-refractivity contribution in [1.82, 2.24) is 15.5 Å². The van der Waals surface area contributed by atoms with Gasteiger partial charge in [0.15, 0.2) is 5.82 Å². The summed E-state index contributed by atoms with van der Waals surface area (Å²) in [5.41, 5.74) is 0.0394. The second kappa shape index (κ2) is 5.66. The van der Waals surface area contributed by atoms with Crippen LogP contribution in [0.3, 0.4) is 0 Å². The molecule has 2 fully saturated rings. The van der Waals surface area contributed by atoms with Crippen molar-refractivity contribution in [3.05, 3.63) is 11.7 Å². The third-order valence-corrected chi connectivity index (χ3v) is 7.02. The molecule has 2 unspecified atom stereocenters. The van der Waals surface area contributed by atoms with Gasteiger partial charge in [-0.1, -0.05) is 19.0 Å². The van der Waals surface area contributed by atoms with Crippen LogP contribution in [0.2, 0.25) is 0 Å². The molecule has 0 amide bonds. The summed E-state index contributed by atoms with van der Waals surface area (Å²) < 4.78 is 5.64. The van der Waals surface area contributed by atoms with Crippen molar-refractivity contribution in [3.63, 3.8) is 0 Å². The normalized spacial score (nSPS) is 32.1. The molecule has 1 aromatic rings. The van der Waals surface area contributed by atoms with Crippen LogP contribution >= 0.6 is 23.5 Å². The molecule has 1 aromatic heterocycles. The van der Waals surface area contributed by atoms with E-state index in [1.54, 1.807) is 0 Å². The summed E-state index contributed by atoms with van der Waals surface area (Å²) in [6.07, 6.45) is 1.10. The number of rotatable bonds is 3. The molecule has 19 heavy (non-hydrogen) atoms. The molecule has 2 saturated heterocycles. The highest BCUT2D eigenvalue weighted by Crippen LogP contribution is 2.40. The maximum atomic E-state index is 5.64. The molecule has 0 aliphatic carbocycles. The van der Waals surface area contributed by atoms with Crippen molar-refractivity contribution in [2.45, 2.75) is 30.9 Å². The maximum absolute atomic E-state index is 5.64. The van der Waals surface area contributed by atoms with Gasteiger partial charge in [0.2, 0.25) is 5.89 Å². The van der Waals surface area contributed by atoms with E-state index in [2.05, 4.69) is 24.3 Å². The molecule has 1 N–H and O–H groups in total. The van der Waals surface area contributed by atoms with E-state index >= 15 is 0 Å². The summed E-state index contributed by atoms with van der Waals surface area (Å²) in [7, 11) is 0. The minimum absolute atomic E-state index is 0.0394. The molecule has 0 spiro atoms. The van der Waals surface area contributed by atoms with Crippen LogP contribution in [0.1, 0.15) is 37.2 Å². The number of aromatic nitrogens is 2. The molecular weight excluding hydrogens is 278 g/mol. The zero-order valence-electron chi connectivity index (χ0n) is 11.5. The summed E-state index contributed by atoms with van der Waals surface area (Å²) in [6, 6.07) is 0. The molecule has 4 nitrogen and oxygen atoms in total. The fourth-order valence-electron chi connectivity index (χ4n) is 2.84. The lowest BCUT2D eigenvalue weighted by atomic mass is 9.76. The first-order chi connectivity index (χ1) is 9.22. The number of hydrogen-bond donors (Lipinski definition) is 1. The predicted octanol–water partition coefficient (Wildman–Crippen LogP) is 2.48. The van der Waals surface area contributed by atoms with Gasteiger partial charge in [-0.3, -0.25) is 0 Å². The summed E-state index contributed by atoms with van der Waals surface area (Å²) in [4.78, 5) is 4.76. The molecule has 3 rings (SSSR count). The lowest BCUT2D eigenvalue weighted by molar-refractivity contribution is 0.234. The van der Waals surface area contributed by atoms with Gasteiger partial charge in [0.1, 0.15) is 0 Å². The van der Waals surface area contributed by atoms with Gasteiger partial charge in [0.25, 0.3) is 0 Å². The first kappa shape index (κ1) is 13.8. The summed E-state index contributed by atoms with van der Waals surface area (Å²) >= 11 is 3.95. The Morgan fingerprint density at radius 1 is 1.42 bits per heavy atom. The van der Waals surface area contributed by atoms with Crippen LogP contribution in [0.5, 0.6) is 0 Å². The van der Waals surface area contributed by atoms with E-state index in [0.29, 0.717) is 11.2 Å². The second-order valence-corrected chi connectivity index (χ2v) is 8.09. The van der Waals surface area contributed by atoms with Crippen molar-refractivity contribution < 1.29 is 4.52 Å². The van der Waals surface area contributed by atoms with Gasteiger partial charge in [-0.2, -0.15) is 16.7 Å². The smallest absolute Gasteiger partial charge is 0.234 e. The van der Waals surface area contributed by atoms with Crippen molar-refractivity contribution >= 4 is 23.5 Å². The third kappa shape index (κ3) is 2.54. The first-order valence-electron chi connectivity index (χ1n) is 6.96. The first-order valence-corrected chi connectivity index (χ1v) is 9.17. The van der Waals surface area contributed by atoms with Crippen LogP contribution in [0.15, 0.2) is 4.52 Å². The zero-order valence-corrected chi connectivity index (χ0v) is 13.1. The molecule has 0 saturated carbocycles. The second-order valence-electron chi connectivity index (χ2n) is 5.63. The topological polar surface area (TPSA) is 51.0 Å². The minimum Gasteiger partial charge on any atom is -0.339 e.